The number of imidazole rings is 1. The molecule has 0 amide bonds. The smallest absolute Gasteiger partial charge is 0.127 e. The predicted molar refractivity (Wildman–Crippen MR) is 55.0 cm³/mol. The molecule has 0 fully saturated rings. The highest BCUT2D eigenvalue weighted by molar-refractivity contribution is 6.20. The van der Waals surface area contributed by atoms with Crippen LogP contribution in [0.2, 0.25) is 0 Å². The summed E-state index contributed by atoms with van der Waals surface area (Å²) in [7, 11) is 1.99. The van der Waals surface area contributed by atoms with E-state index in [-0.39, 0.29) is 5.38 Å². The number of rotatable bonds is 1. The maximum absolute atomic E-state index is 6.00. The molecule has 0 aliphatic carbocycles. The van der Waals surface area contributed by atoms with Gasteiger partial charge in [0.1, 0.15) is 5.82 Å². The van der Waals surface area contributed by atoms with E-state index in [1.165, 1.54) is 0 Å². The molecule has 0 saturated carbocycles. The third kappa shape index (κ3) is 1.31. The number of aryl methyl sites for hydroxylation is 1. The van der Waals surface area contributed by atoms with Gasteiger partial charge in [-0.3, -0.25) is 0 Å². The summed E-state index contributed by atoms with van der Waals surface area (Å²) < 4.78 is 2.03. The van der Waals surface area contributed by atoms with Crippen molar-refractivity contribution in [2.24, 2.45) is 7.05 Å². The molecule has 68 valence electrons. The van der Waals surface area contributed by atoms with Crippen LogP contribution < -0.4 is 0 Å². The van der Waals surface area contributed by atoms with Crippen LogP contribution in [0.5, 0.6) is 0 Å². The van der Waals surface area contributed by atoms with Crippen LogP contribution in [0.15, 0.2) is 24.3 Å². The number of nitrogens with zero attached hydrogens (tertiary/aromatic N) is 2. The SMILES string of the molecule is C[C@H](Cl)c1nc2ccccc2n1C. The Bertz CT molecular complexity index is 431. The third-order valence-electron chi connectivity index (χ3n) is 2.18. The molecule has 1 aromatic heterocycles. The second-order valence-electron chi connectivity index (χ2n) is 3.13. The summed E-state index contributed by atoms with van der Waals surface area (Å²) >= 11 is 6.00. The standard InChI is InChI=1S/C10H11ClN2/c1-7(11)10-12-8-5-3-4-6-9(8)13(10)2/h3-7H,1-2H3/t7-/m0/s1. The van der Waals surface area contributed by atoms with Crippen LogP contribution in [-0.4, -0.2) is 9.55 Å². The summed E-state index contributed by atoms with van der Waals surface area (Å²) in [6.45, 7) is 1.93. The maximum atomic E-state index is 6.00. The van der Waals surface area contributed by atoms with Crippen molar-refractivity contribution in [3.63, 3.8) is 0 Å². The van der Waals surface area contributed by atoms with Crippen LogP contribution in [0, 0.1) is 0 Å². The molecule has 0 radical (unpaired) electrons. The molecule has 0 aliphatic heterocycles. The largest absolute Gasteiger partial charge is 0.330 e. The second kappa shape index (κ2) is 3.04. The molecule has 1 atom stereocenters. The Kier molecular flexibility index (Phi) is 2.00. The van der Waals surface area contributed by atoms with Crippen molar-refractivity contribution >= 4 is 22.6 Å². The minimum absolute atomic E-state index is 0.0441. The first-order valence-electron chi connectivity index (χ1n) is 4.25. The zero-order valence-corrected chi connectivity index (χ0v) is 8.42. The van der Waals surface area contributed by atoms with E-state index < -0.39 is 0 Å². The Balaban J connectivity index is 2.74. The number of aromatic nitrogens is 2. The fraction of sp³-hybridized carbons (Fsp3) is 0.300. The number of halogens is 1. The van der Waals surface area contributed by atoms with Crippen molar-refractivity contribution < 1.29 is 0 Å². The molecular formula is C10H11ClN2. The highest BCUT2D eigenvalue weighted by Crippen LogP contribution is 2.22. The molecule has 2 aromatic rings. The van der Waals surface area contributed by atoms with Crippen molar-refractivity contribution in [1.82, 2.24) is 9.55 Å². The first-order chi connectivity index (χ1) is 6.20. The molecule has 1 aromatic carbocycles. The fourth-order valence-electron chi connectivity index (χ4n) is 1.52. The molecule has 0 bridgehead atoms. The first kappa shape index (κ1) is 8.57. The van der Waals surface area contributed by atoms with Crippen LogP contribution in [-0.2, 0) is 7.05 Å². The van der Waals surface area contributed by atoms with Gasteiger partial charge < -0.3 is 4.57 Å². The van der Waals surface area contributed by atoms with Gasteiger partial charge >= 0.3 is 0 Å². The molecule has 13 heavy (non-hydrogen) atoms. The van der Waals surface area contributed by atoms with Gasteiger partial charge in [-0.2, -0.15) is 0 Å². The lowest BCUT2D eigenvalue weighted by atomic mass is 10.3. The zero-order valence-electron chi connectivity index (χ0n) is 7.66. The van der Waals surface area contributed by atoms with Crippen LogP contribution in [0.25, 0.3) is 11.0 Å². The highest BCUT2D eigenvalue weighted by Gasteiger charge is 2.10. The van der Waals surface area contributed by atoms with Gasteiger partial charge in [0.2, 0.25) is 0 Å². The molecule has 2 rings (SSSR count). The number of fused-ring (bicyclic) bond motifs is 1. The second-order valence-corrected chi connectivity index (χ2v) is 3.79. The molecule has 2 nitrogen and oxygen atoms in total. The molecule has 0 N–H and O–H groups in total. The molecule has 0 spiro atoms. The molecule has 0 saturated heterocycles. The third-order valence-corrected chi connectivity index (χ3v) is 2.37. The normalized spacial score (nSPS) is 13.5. The number of benzene rings is 1. The molecular weight excluding hydrogens is 184 g/mol. The highest BCUT2D eigenvalue weighted by atomic mass is 35.5. The van der Waals surface area contributed by atoms with Crippen LogP contribution in [0.3, 0.4) is 0 Å². The number of hydrogen-bond donors (Lipinski definition) is 0. The lowest BCUT2D eigenvalue weighted by Crippen LogP contribution is -1.97. The monoisotopic (exact) mass is 194 g/mol. The zero-order chi connectivity index (χ0) is 9.42. The molecule has 1 heterocycles. The van der Waals surface area contributed by atoms with E-state index in [4.69, 9.17) is 11.6 Å². The minimum Gasteiger partial charge on any atom is -0.330 e. The van der Waals surface area contributed by atoms with Gasteiger partial charge in [-0.25, -0.2) is 4.98 Å². The van der Waals surface area contributed by atoms with E-state index in [1.54, 1.807) is 0 Å². The van der Waals surface area contributed by atoms with Crippen molar-refractivity contribution in [2.75, 3.05) is 0 Å². The summed E-state index contributed by atoms with van der Waals surface area (Å²) in [5.74, 6) is 0.919. The van der Waals surface area contributed by atoms with Gasteiger partial charge in [0, 0.05) is 7.05 Å². The summed E-state index contributed by atoms with van der Waals surface area (Å²) in [4.78, 5) is 4.44. The quantitative estimate of drug-likeness (QED) is 0.639. The van der Waals surface area contributed by atoms with Crippen molar-refractivity contribution in [2.45, 2.75) is 12.3 Å². The van der Waals surface area contributed by atoms with E-state index in [2.05, 4.69) is 4.98 Å². The van der Waals surface area contributed by atoms with Gasteiger partial charge in [0.05, 0.1) is 16.4 Å². The van der Waals surface area contributed by atoms with Gasteiger partial charge in [-0.05, 0) is 19.1 Å². The number of para-hydroxylation sites is 2. The van der Waals surface area contributed by atoms with E-state index in [9.17, 15) is 0 Å². The number of hydrogen-bond acceptors (Lipinski definition) is 1. The molecule has 0 aliphatic rings. The van der Waals surface area contributed by atoms with Gasteiger partial charge in [-0.1, -0.05) is 12.1 Å². The van der Waals surface area contributed by atoms with Crippen molar-refractivity contribution in [1.29, 1.82) is 0 Å². The number of alkyl halides is 1. The Labute approximate surface area is 82.1 Å². The summed E-state index contributed by atoms with van der Waals surface area (Å²) in [6, 6.07) is 8.04. The Morgan fingerprint density at radius 2 is 2.08 bits per heavy atom. The van der Waals surface area contributed by atoms with Gasteiger partial charge in [0.25, 0.3) is 0 Å². The van der Waals surface area contributed by atoms with Gasteiger partial charge in [-0.15, -0.1) is 11.6 Å². The lowest BCUT2D eigenvalue weighted by molar-refractivity contribution is 0.812. The average molecular weight is 195 g/mol. The van der Waals surface area contributed by atoms with E-state index in [0.29, 0.717) is 0 Å². The average Bonchev–Trinajstić information content (AvgIpc) is 2.45. The topological polar surface area (TPSA) is 17.8 Å². The van der Waals surface area contributed by atoms with E-state index in [1.807, 2.05) is 42.8 Å². The summed E-state index contributed by atoms with van der Waals surface area (Å²) in [6.07, 6.45) is 0. The molecule has 3 heteroatoms. The summed E-state index contributed by atoms with van der Waals surface area (Å²) in [5.41, 5.74) is 2.14. The predicted octanol–water partition coefficient (Wildman–Crippen LogP) is 2.87. The van der Waals surface area contributed by atoms with E-state index in [0.717, 1.165) is 16.9 Å². The van der Waals surface area contributed by atoms with Crippen molar-refractivity contribution in [3.8, 4) is 0 Å². The Hall–Kier alpha value is -1.02. The Morgan fingerprint density at radius 3 is 2.69 bits per heavy atom. The van der Waals surface area contributed by atoms with Gasteiger partial charge in [0.15, 0.2) is 0 Å². The first-order valence-corrected chi connectivity index (χ1v) is 4.69. The molecule has 0 unspecified atom stereocenters. The maximum Gasteiger partial charge on any atom is 0.127 e. The Morgan fingerprint density at radius 1 is 1.38 bits per heavy atom. The van der Waals surface area contributed by atoms with Crippen LogP contribution >= 0.6 is 11.6 Å². The van der Waals surface area contributed by atoms with Crippen LogP contribution in [0.4, 0.5) is 0 Å². The minimum atomic E-state index is -0.0441. The lowest BCUT2D eigenvalue weighted by Gasteiger charge is -2.02. The fourth-order valence-corrected chi connectivity index (χ4v) is 1.72. The van der Waals surface area contributed by atoms with Crippen LogP contribution in [0.1, 0.15) is 18.1 Å². The summed E-state index contributed by atoms with van der Waals surface area (Å²) in [5, 5.41) is -0.0441. The van der Waals surface area contributed by atoms with Crippen molar-refractivity contribution in [3.05, 3.63) is 30.1 Å². The van der Waals surface area contributed by atoms with E-state index >= 15 is 0 Å².